The third kappa shape index (κ3) is 6.54. The molecule has 3 N–H and O–H groups in total. The fourth-order valence-corrected chi connectivity index (χ4v) is 11.3. The van der Waals surface area contributed by atoms with E-state index in [-0.39, 0.29) is 35.8 Å². The van der Waals surface area contributed by atoms with Crippen molar-refractivity contribution in [2.24, 2.45) is 5.92 Å². The highest BCUT2D eigenvalue weighted by Gasteiger charge is 2.45. The summed E-state index contributed by atoms with van der Waals surface area (Å²) in [6.07, 6.45) is 3.31. The summed E-state index contributed by atoms with van der Waals surface area (Å²) in [5, 5.41) is 24.2. The van der Waals surface area contributed by atoms with Crippen molar-refractivity contribution in [1.82, 2.24) is 29.6 Å². The van der Waals surface area contributed by atoms with E-state index in [2.05, 4.69) is 35.5 Å². The van der Waals surface area contributed by atoms with E-state index in [4.69, 9.17) is 0 Å². The molecule has 3 aromatic rings. The van der Waals surface area contributed by atoms with Gasteiger partial charge in [0.15, 0.2) is 5.82 Å². The molecule has 56 heavy (non-hydrogen) atoms. The highest BCUT2D eigenvalue weighted by atomic mass is 32.2. The number of imide groups is 2. The molecule has 4 saturated heterocycles. The van der Waals surface area contributed by atoms with Crippen LogP contribution in [-0.2, 0) is 19.6 Å². The van der Waals surface area contributed by atoms with Gasteiger partial charge in [0.05, 0.1) is 33.8 Å². The van der Waals surface area contributed by atoms with Gasteiger partial charge in [0.1, 0.15) is 11.8 Å². The molecule has 0 bridgehead atoms. The number of piperidine rings is 3. The van der Waals surface area contributed by atoms with Gasteiger partial charge in [-0.05, 0) is 87.5 Å². The van der Waals surface area contributed by atoms with Crippen LogP contribution in [0.15, 0.2) is 48.5 Å². The number of nitrogens with zero attached hydrogens (tertiary/aromatic N) is 7. The first-order valence-corrected chi connectivity index (χ1v) is 21.0. The summed E-state index contributed by atoms with van der Waals surface area (Å²) in [6, 6.07) is 13.2. The van der Waals surface area contributed by atoms with Gasteiger partial charge in [-0.15, -0.1) is 10.2 Å². The van der Waals surface area contributed by atoms with Gasteiger partial charge in [-0.3, -0.25) is 29.4 Å². The van der Waals surface area contributed by atoms with Gasteiger partial charge in [-0.2, -0.15) is 4.31 Å². The lowest BCUT2D eigenvalue weighted by atomic mass is 9.94. The van der Waals surface area contributed by atoms with Crippen LogP contribution in [0.3, 0.4) is 0 Å². The number of hydrogen-bond acceptors (Lipinski definition) is 13. The Kier molecular flexibility index (Phi) is 9.40. The van der Waals surface area contributed by atoms with Gasteiger partial charge in [-0.25, -0.2) is 8.42 Å². The number of benzene rings is 2. The molecule has 0 saturated carbocycles. The minimum Gasteiger partial charge on any atom is -0.507 e. The summed E-state index contributed by atoms with van der Waals surface area (Å²) in [6.45, 7) is 5.88. The van der Waals surface area contributed by atoms with Gasteiger partial charge in [0.2, 0.25) is 21.8 Å². The highest BCUT2D eigenvalue weighted by Crippen LogP contribution is 2.37. The number of phenols is 1. The van der Waals surface area contributed by atoms with Crippen LogP contribution in [-0.4, -0.2) is 138 Å². The molecule has 2 aromatic carbocycles. The Bertz CT molecular complexity index is 2200. The lowest BCUT2D eigenvalue weighted by molar-refractivity contribution is -0.136. The van der Waals surface area contributed by atoms with Crippen LogP contribution in [0, 0.1) is 5.92 Å². The zero-order valence-corrected chi connectivity index (χ0v) is 31.8. The van der Waals surface area contributed by atoms with E-state index >= 15 is 0 Å². The van der Waals surface area contributed by atoms with Crippen LogP contribution in [0.2, 0.25) is 0 Å². The summed E-state index contributed by atoms with van der Waals surface area (Å²) in [4.78, 5) is 58.4. The van der Waals surface area contributed by atoms with Gasteiger partial charge >= 0.3 is 0 Å². The van der Waals surface area contributed by atoms with Crippen LogP contribution in [0.4, 0.5) is 17.2 Å². The number of para-hydroxylation sites is 1. The van der Waals surface area contributed by atoms with E-state index in [0.29, 0.717) is 62.0 Å². The summed E-state index contributed by atoms with van der Waals surface area (Å²) in [7, 11) is -3.49. The molecule has 0 aliphatic carbocycles. The largest absolute Gasteiger partial charge is 0.507 e. The number of anilines is 3. The first kappa shape index (κ1) is 36.5. The van der Waals surface area contributed by atoms with E-state index in [9.17, 15) is 32.7 Å². The molecule has 0 spiro atoms. The van der Waals surface area contributed by atoms with Gasteiger partial charge < -0.3 is 25.1 Å². The van der Waals surface area contributed by atoms with E-state index in [1.807, 2.05) is 18.2 Å². The number of hydrogen-bond donors (Lipinski definition) is 3. The molecule has 2 atom stereocenters. The number of likely N-dealkylation sites (tertiary alicyclic amines) is 1. The second kappa shape index (κ2) is 14.4. The fraction of sp³-hybridized carbons (Fsp3) is 0.487. The molecule has 6 aliphatic rings. The SMILES string of the molecule is O=C1CCC(N2C(=O)c3ccc(N4CCC(CN5CCC(S(=O)(=O)N6CCN7c8cc(-c9ccccc9O)nnc8NC[C@H]7C6)CC5)CC4)cc3C2=O)C(=O)N1. The molecule has 294 valence electrons. The summed E-state index contributed by atoms with van der Waals surface area (Å²) >= 11 is 0. The van der Waals surface area contributed by atoms with Crippen molar-refractivity contribution < 1.29 is 32.7 Å². The van der Waals surface area contributed by atoms with Gasteiger partial charge in [-0.1, -0.05) is 12.1 Å². The molecule has 6 aliphatic heterocycles. The number of carbonyl (C=O) groups excluding carboxylic acids is 4. The number of carbonyl (C=O) groups is 4. The number of fused-ring (bicyclic) bond motifs is 4. The topological polar surface area (TPSA) is 189 Å². The van der Waals surface area contributed by atoms with Crippen LogP contribution in [0.25, 0.3) is 11.3 Å². The zero-order valence-electron chi connectivity index (χ0n) is 31.0. The molecule has 4 fully saturated rings. The number of phenolic OH excluding ortho intramolecular Hbond substituents is 1. The Morgan fingerprint density at radius 2 is 1.57 bits per heavy atom. The number of amides is 4. The Hall–Kier alpha value is -5.13. The predicted octanol–water partition coefficient (Wildman–Crippen LogP) is 1.88. The number of sulfonamides is 1. The maximum absolute atomic E-state index is 14.0. The molecule has 1 aromatic heterocycles. The standard InChI is InChI=1S/C39H45N9O7S/c49-34-4-2-1-3-29(34)31-20-33-36(43-42-31)40-21-26-23-46(17-18-47(26)33)56(54,55)27-11-13-44(14-12-27)22-24-9-15-45(16-10-24)25-5-6-28-30(19-25)39(53)48(38(28)52)32-7-8-35(50)41-37(32)51/h1-6,19-20,24,26-27,32,49H,7-18,21-23H2,(H,40,43)(H,41,50,51)/t26-,32?/m0/s1. The summed E-state index contributed by atoms with van der Waals surface area (Å²) in [5.74, 6) is -0.781. The van der Waals surface area contributed by atoms with Crippen LogP contribution in [0.1, 0.15) is 59.2 Å². The molecule has 0 radical (unpaired) electrons. The monoisotopic (exact) mass is 783 g/mol. The summed E-state index contributed by atoms with van der Waals surface area (Å²) < 4.78 is 29.6. The zero-order chi connectivity index (χ0) is 38.7. The molecule has 7 heterocycles. The molecule has 16 nitrogen and oxygen atoms in total. The van der Waals surface area contributed by atoms with Crippen molar-refractivity contribution in [1.29, 1.82) is 0 Å². The van der Waals surface area contributed by atoms with Gasteiger partial charge in [0.25, 0.3) is 11.8 Å². The lowest BCUT2D eigenvalue weighted by Crippen LogP contribution is -2.60. The number of aromatic nitrogens is 2. The first-order chi connectivity index (χ1) is 27.0. The normalized spacial score (nSPS) is 24.1. The van der Waals surface area contributed by atoms with Crippen molar-refractivity contribution >= 4 is 50.8 Å². The quantitative estimate of drug-likeness (QED) is 0.295. The molecular formula is C39H45N9O7S. The van der Waals surface area contributed by atoms with E-state index in [1.165, 1.54) is 0 Å². The molecule has 4 amide bonds. The minimum atomic E-state index is -3.49. The number of rotatable bonds is 7. The highest BCUT2D eigenvalue weighted by molar-refractivity contribution is 7.89. The van der Waals surface area contributed by atoms with Crippen LogP contribution >= 0.6 is 0 Å². The molecule has 1 unspecified atom stereocenters. The maximum atomic E-state index is 14.0. The van der Waals surface area contributed by atoms with Crippen molar-refractivity contribution in [3.05, 3.63) is 59.7 Å². The minimum absolute atomic E-state index is 0.0503. The second-order valence-corrected chi connectivity index (χ2v) is 17.9. The average molecular weight is 784 g/mol. The Labute approximate surface area is 324 Å². The van der Waals surface area contributed by atoms with E-state index in [0.717, 1.165) is 61.8 Å². The Morgan fingerprint density at radius 1 is 0.804 bits per heavy atom. The molecular weight excluding hydrogens is 739 g/mol. The van der Waals surface area contributed by atoms with Gasteiger partial charge in [0, 0.05) is 63.5 Å². The lowest BCUT2D eigenvalue weighted by Gasteiger charge is -2.46. The fourth-order valence-electron chi connectivity index (χ4n) is 9.31. The number of aromatic hydroxyl groups is 1. The third-order valence-electron chi connectivity index (χ3n) is 12.4. The van der Waals surface area contributed by atoms with E-state index < -0.39 is 44.9 Å². The van der Waals surface area contributed by atoms with Crippen molar-refractivity contribution in [2.75, 3.05) is 74.0 Å². The Morgan fingerprint density at radius 3 is 2.34 bits per heavy atom. The smallest absolute Gasteiger partial charge is 0.262 e. The summed E-state index contributed by atoms with van der Waals surface area (Å²) in [5.41, 5.74) is 3.45. The number of nitrogens with one attached hydrogen (secondary N) is 2. The Balaban J connectivity index is 0.761. The van der Waals surface area contributed by atoms with Crippen molar-refractivity contribution in [3.63, 3.8) is 0 Å². The molecule has 9 rings (SSSR count). The first-order valence-electron chi connectivity index (χ1n) is 19.5. The van der Waals surface area contributed by atoms with Crippen molar-refractivity contribution in [3.8, 4) is 17.0 Å². The van der Waals surface area contributed by atoms with Crippen LogP contribution in [0.5, 0.6) is 5.75 Å². The number of piperazine rings is 1. The van der Waals surface area contributed by atoms with Crippen LogP contribution < -0.4 is 20.4 Å². The predicted molar refractivity (Wildman–Crippen MR) is 207 cm³/mol. The van der Waals surface area contributed by atoms with E-state index in [1.54, 1.807) is 34.6 Å². The van der Waals surface area contributed by atoms with Crippen molar-refractivity contribution in [2.45, 2.75) is 55.9 Å². The second-order valence-electron chi connectivity index (χ2n) is 15.7. The average Bonchev–Trinajstić information content (AvgIpc) is 3.46. The maximum Gasteiger partial charge on any atom is 0.262 e. The molecule has 17 heteroatoms. The third-order valence-corrected chi connectivity index (χ3v) is 14.8.